The summed E-state index contributed by atoms with van der Waals surface area (Å²) in [6.45, 7) is 7.25. The van der Waals surface area contributed by atoms with Crippen LogP contribution in [0.25, 0.3) is 0 Å². The second-order valence-electron chi connectivity index (χ2n) is 5.17. The molecule has 0 aliphatic carbocycles. The molecule has 0 atom stereocenters. The zero-order chi connectivity index (χ0) is 13.9. The largest absolute Gasteiger partial charge is 0.318 e. The number of fused-ring (bicyclic) bond motifs is 1. The number of benzene rings is 1. The normalized spacial score (nSPS) is 14.4. The average Bonchev–Trinajstić information content (AvgIpc) is 2.85. The van der Waals surface area contributed by atoms with Crippen LogP contribution < -0.4 is 10.2 Å². The number of anilines is 2. The molecule has 1 N–H and O–H groups in total. The van der Waals surface area contributed by atoms with Gasteiger partial charge in [-0.2, -0.15) is 0 Å². The van der Waals surface area contributed by atoms with Crippen LogP contribution in [-0.4, -0.2) is 18.1 Å². The molecule has 0 unspecified atom stereocenters. The maximum absolute atomic E-state index is 4.79. The first-order valence-corrected chi connectivity index (χ1v) is 8.13. The summed E-state index contributed by atoms with van der Waals surface area (Å²) >= 11 is 1.82. The van der Waals surface area contributed by atoms with Crippen LogP contribution in [0.5, 0.6) is 0 Å². The molecule has 2 aromatic rings. The van der Waals surface area contributed by atoms with Crippen molar-refractivity contribution >= 4 is 22.2 Å². The third-order valence-corrected chi connectivity index (χ3v) is 4.94. The van der Waals surface area contributed by atoms with E-state index in [4.69, 9.17) is 4.98 Å². The van der Waals surface area contributed by atoms with Gasteiger partial charge >= 0.3 is 0 Å². The van der Waals surface area contributed by atoms with E-state index in [9.17, 15) is 0 Å². The van der Waals surface area contributed by atoms with Gasteiger partial charge < -0.3 is 10.2 Å². The van der Waals surface area contributed by atoms with Gasteiger partial charge in [0.2, 0.25) is 0 Å². The summed E-state index contributed by atoms with van der Waals surface area (Å²) in [5, 5.41) is 4.53. The molecule has 0 radical (unpaired) electrons. The van der Waals surface area contributed by atoms with E-state index in [1.807, 2.05) is 11.3 Å². The number of hydrogen-bond acceptors (Lipinski definition) is 4. The maximum Gasteiger partial charge on any atom is 0.190 e. The first-order chi connectivity index (χ1) is 9.79. The van der Waals surface area contributed by atoms with Gasteiger partial charge in [-0.05, 0) is 37.9 Å². The summed E-state index contributed by atoms with van der Waals surface area (Å²) in [5.41, 5.74) is 3.94. The Morgan fingerprint density at radius 1 is 1.35 bits per heavy atom. The Kier molecular flexibility index (Phi) is 4.03. The third kappa shape index (κ3) is 2.58. The lowest BCUT2D eigenvalue weighted by Gasteiger charge is -2.28. The Hall–Kier alpha value is -1.39. The van der Waals surface area contributed by atoms with Gasteiger partial charge in [0.15, 0.2) is 5.13 Å². The van der Waals surface area contributed by atoms with Crippen LogP contribution in [-0.2, 0) is 13.0 Å². The number of aryl methyl sites for hydroxylation is 2. The number of para-hydroxylation sites is 1. The van der Waals surface area contributed by atoms with Crippen LogP contribution in [0.3, 0.4) is 0 Å². The van der Waals surface area contributed by atoms with Crippen LogP contribution in [0.2, 0.25) is 0 Å². The molecule has 20 heavy (non-hydrogen) atoms. The second-order valence-corrected chi connectivity index (χ2v) is 6.23. The van der Waals surface area contributed by atoms with Gasteiger partial charge in [-0.1, -0.05) is 36.5 Å². The zero-order valence-electron chi connectivity index (χ0n) is 12.1. The maximum atomic E-state index is 4.79. The summed E-state index contributed by atoms with van der Waals surface area (Å²) in [5.74, 6) is 0. The summed E-state index contributed by atoms with van der Waals surface area (Å²) in [7, 11) is 0. The van der Waals surface area contributed by atoms with Crippen LogP contribution in [0.1, 0.15) is 29.5 Å². The van der Waals surface area contributed by atoms with Gasteiger partial charge in [0.1, 0.15) is 0 Å². The monoisotopic (exact) mass is 287 g/mol. The molecule has 0 spiro atoms. The SMILES string of the molecule is CCNCc1sc(N2CCCc3ccccc32)nc1C. The fraction of sp³-hybridized carbons (Fsp3) is 0.438. The van der Waals surface area contributed by atoms with Gasteiger partial charge in [-0.3, -0.25) is 0 Å². The molecule has 0 saturated heterocycles. The Morgan fingerprint density at radius 3 is 3.05 bits per heavy atom. The number of rotatable bonds is 4. The van der Waals surface area contributed by atoms with Crippen LogP contribution >= 0.6 is 11.3 Å². The van der Waals surface area contributed by atoms with Crippen LogP contribution in [0.4, 0.5) is 10.8 Å². The van der Waals surface area contributed by atoms with Crippen molar-refractivity contribution in [1.29, 1.82) is 0 Å². The van der Waals surface area contributed by atoms with Crippen LogP contribution in [0, 0.1) is 6.92 Å². The molecule has 0 amide bonds. The van der Waals surface area contributed by atoms with Gasteiger partial charge in [0.05, 0.1) is 5.69 Å². The molecule has 0 fully saturated rings. The van der Waals surface area contributed by atoms with Crippen molar-refractivity contribution in [3.05, 3.63) is 40.4 Å². The number of aromatic nitrogens is 1. The van der Waals surface area contributed by atoms with Gasteiger partial charge in [0, 0.05) is 23.7 Å². The highest BCUT2D eigenvalue weighted by Gasteiger charge is 2.21. The average molecular weight is 287 g/mol. The van der Waals surface area contributed by atoms with Crippen molar-refractivity contribution in [2.75, 3.05) is 18.0 Å². The topological polar surface area (TPSA) is 28.2 Å². The zero-order valence-corrected chi connectivity index (χ0v) is 13.0. The molecular formula is C16H21N3S. The lowest BCUT2D eigenvalue weighted by molar-refractivity contribution is 0.730. The van der Waals surface area contributed by atoms with Gasteiger partial charge in [-0.25, -0.2) is 4.98 Å². The second kappa shape index (κ2) is 5.94. The molecule has 1 aliphatic rings. The number of thiazole rings is 1. The minimum Gasteiger partial charge on any atom is -0.318 e. The predicted molar refractivity (Wildman–Crippen MR) is 86.0 cm³/mol. The molecule has 4 heteroatoms. The lowest BCUT2D eigenvalue weighted by Crippen LogP contribution is -2.24. The predicted octanol–water partition coefficient (Wildman–Crippen LogP) is 3.65. The van der Waals surface area contributed by atoms with Crippen molar-refractivity contribution < 1.29 is 0 Å². The quantitative estimate of drug-likeness (QED) is 0.930. The van der Waals surface area contributed by atoms with E-state index in [0.29, 0.717) is 0 Å². The van der Waals surface area contributed by atoms with Crippen molar-refractivity contribution in [2.45, 2.75) is 33.2 Å². The number of hydrogen-bond donors (Lipinski definition) is 1. The lowest BCUT2D eigenvalue weighted by atomic mass is 10.0. The molecule has 1 aromatic heterocycles. The minimum absolute atomic E-state index is 0.926. The highest BCUT2D eigenvalue weighted by atomic mass is 32.1. The number of nitrogens with zero attached hydrogens (tertiary/aromatic N) is 2. The van der Waals surface area contributed by atoms with Gasteiger partial charge in [-0.15, -0.1) is 0 Å². The summed E-state index contributed by atoms with van der Waals surface area (Å²) < 4.78 is 0. The van der Waals surface area contributed by atoms with E-state index in [1.165, 1.54) is 29.0 Å². The van der Waals surface area contributed by atoms with E-state index >= 15 is 0 Å². The molecular weight excluding hydrogens is 266 g/mol. The first-order valence-electron chi connectivity index (χ1n) is 7.32. The third-order valence-electron chi connectivity index (χ3n) is 3.76. The molecule has 0 saturated carbocycles. The molecule has 1 aliphatic heterocycles. The first kappa shape index (κ1) is 13.6. The Morgan fingerprint density at radius 2 is 2.20 bits per heavy atom. The van der Waals surface area contributed by atoms with Crippen LogP contribution in [0.15, 0.2) is 24.3 Å². The molecule has 1 aromatic carbocycles. The molecule has 0 bridgehead atoms. The minimum atomic E-state index is 0.926. The van der Waals surface area contributed by atoms with E-state index in [1.54, 1.807) is 0 Å². The van der Waals surface area contributed by atoms with E-state index < -0.39 is 0 Å². The van der Waals surface area contributed by atoms with E-state index in [2.05, 4.69) is 48.3 Å². The Labute approximate surface area is 124 Å². The molecule has 3 rings (SSSR count). The smallest absolute Gasteiger partial charge is 0.190 e. The molecule has 2 heterocycles. The highest BCUT2D eigenvalue weighted by Crippen LogP contribution is 2.36. The summed E-state index contributed by atoms with van der Waals surface area (Å²) in [6, 6.07) is 8.71. The standard InChI is InChI=1S/C16H21N3S/c1-3-17-11-15-12(2)18-16(20-15)19-10-6-8-13-7-4-5-9-14(13)19/h4-5,7,9,17H,3,6,8,10-11H2,1-2H3. The summed E-state index contributed by atoms with van der Waals surface area (Å²) in [6.07, 6.45) is 2.39. The van der Waals surface area contributed by atoms with E-state index in [-0.39, 0.29) is 0 Å². The number of nitrogens with one attached hydrogen (secondary N) is 1. The molecule has 3 nitrogen and oxygen atoms in total. The Bertz CT molecular complexity index is 591. The van der Waals surface area contributed by atoms with Crippen molar-refractivity contribution in [1.82, 2.24) is 10.3 Å². The van der Waals surface area contributed by atoms with E-state index in [0.717, 1.165) is 30.5 Å². The fourth-order valence-electron chi connectivity index (χ4n) is 2.66. The Balaban J connectivity index is 1.90. The summed E-state index contributed by atoms with van der Waals surface area (Å²) in [4.78, 5) is 8.52. The van der Waals surface area contributed by atoms with Crippen molar-refractivity contribution in [3.63, 3.8) is 0 Å². The van der Waals surface area contributed by atoms with Crippen molar-refractivity contribution in [2.24, 2.45) is 0 Å². The fourth-order valence-corrected chi connectivity index (χ4v) is 3.73. The highest BCUT2D eigenvalue weighted by molar-refractivity contribution is 7.15. The van der Waals surface area contributed by atoms with Crippen molar-refractivity contribution in [3.8, 4) is 0 Å². The van der Waals surface area contributed by atoms with Gasteiger partial charge in [0.25, 0.3) is 0 Å². The molecule has 106 valence electrons.